The molecule has 0 spiro atoms. The Morgan fingerprint density at radius 3 is 3.04 bits per heavy atom. The number of hydrogen-bond donors (Lipinski definition) is 3. The molecule has 120 valence electrons. The molecule has 23 heavy (non-hydrogen) atoms. The summed E-state index contributed by atoms with van der Waals surface area (Å²) in [5, 5.41) is 6.56. The Bertz CT molecular complexity index is 787. The van der Waals surface area contributed by atoms with Gasteiger partial charge >= 0.3 is 0 Å². The molecule has 0 amide bonds. The number of nitrogens with zero attached hydrogens (tertiary/aromatic N) is 1. The smallest absolute Gasteiger partial charge is 0.188 e. The normalized spacial score (nSPS) is 12.0. The molecule has 0 bridgehead atoms. The lowest BCUT2D eigenvalue weighted by Crippen LogP contribution is -2.33. The number of fused-ring (bicyclic) bond motifs is 1. The zero-order chi connectivity index (χ0) is 16.1. The van der Waals surface area contributed by atoms with Crippen LogP contribution in [0.1, 0.15) is 16.0 Å². The van der Waals surface area contributed by atoms with Crippen molar-refractivity contribution in [2.45, 2.75) is 19.8 Å². The molecular weight excluding hydrogens is 304 g/mol. The lowest BCUT2D eigenvalue weighted by molar-refractivity contribution is 0.848. The number of aromatic amines is 1. The van der Waals surface area contributed by atoms with Crippen LogP contribution in [0.4, 0.5) is 0 Å². The average Bonchev–Trinajstić information content (AvgIpc) is 3.17. The Morgan fingerprint density at radius 1 is 1.30 bits per heavy atom. The minimum absolute atomic E-state index is 0.525. The van der Waals surface area contributed by atoms with Crippen molar-refractivity contribution in [3.8, 4) is 0 Å². The van der Waals surface area contributed by atoms with Gasteiger partial charge < -0.3 is 16.0 Å². The standard InChI is InChI=1S/C18H22N4S/c1-13-4-5-16-14(12-22-17(16)11-13)6-8-20-18(19)21-9-7-15-3-2-10-23-15/h2-5,10-12,22H,6-9H2,1H3,(H3,19,20,21). The Kier molecular flexibility index (Phi) is 4.98. The minimum atomic E-state index is 0.525. The van der Waals surface area contributed by atoms with Crippen molar-refractivity contribution in [2.75, 3.05) is 13.1 Å². The third-order valence-electron chi connectivity index (χ3n) is 3.84. The van der Waals surface area contributed by atoms with Crippen LogP contribution >= 0.6 is 11.3 Å². The van der Waals surface area contributed by atoms with Crippen molar-refractivity contribution < 1.29 is 0 Å². The highest BCUT2D eigenvalue weighted by Gasteiger charge is 2.03. The number of aliphatic imine (C=N–C) groups is 1. The predicted molar refractivity (Wildman–Crippen MR) is 99.3 cm³/mol. The van der Waals surface area contributed by atoms with E-state index in [9.17, 15) is 0 Å². The second-order valence-corrected chi connectivity index (χ2v) is 6.67. The van der Waals surface area contributed by atoms with Gasteiger partial charge in [0.2, 0.25) is 0 Å². The van der Waals surface area contributed by atoms with Gasteiger partial charge in [-0.3, -0.25) is 4.99 Å². The van der Waals surface area contributed by atoms with Gasteiger partial charge in [-0.2, -0.15) is 0 Å². The molecule has 4 nitrogen and oxygen atoms in total. The second kappa shape index (κ2) is 7.33. The van der Waals surface area contributed by atoms with E-state index in [1.165, 1.54) is 26.9 Å². The Labute approximate surface area is 140 Å². The Balaban J connectivity index is 1.48. The molecule has 0 aliphatic rings. The first-order valence-corrected chi connectivity index (χ1v) is 8.73. The van der Waals surface area contributed by atoms with E-state index in [-0.39, 0.29) is 0 Å². The van der Waals surface area contributed by atoms with Crippen LogP contribution in [-0.2, 0) is 12.8 Å². The van der Waals surface area contributed by atoms with E-state index in [1.807, 2.05) is 0 Å². The third kappa shape index (κ3) is 4.13. The number of H-pyrrole nitrogens is 1. The first-order valence-electron chi connectivity index (χ1n) is 7.85. The number of nitrogens with two attached hydrogens (primary N) is 1. The van der Waals surface area contributed by atoms with Gasteiger partial charge in [-0.1, -0.05) is 18.2 Å². The van der Waals surface area contributed by atoms with Gasteiger partial charge in [-0.05, 0) is 42.0 Å². The number of rotatable bonds is 6. The van der Waals surface area contributed by atoms with Crippen molar-refractivity contribution in [3.63, 3.8) is 0 Å². The molecule has 1 aromatic carbocycles. The van der Waals surface area contributed by atoms with E-state index < -0.39 is 0 Å². The fourth-order valence-electron chi connectivity index (χ4n) is 2.63. The molecule has 0 atom stereocenters. The number of aromatic nitrogens is 1. The lowest BCUT2D eigenvalue weighted by Gasteiger charge is -2.05. The summed E-state index contributed by atoms with van der Waals surface area (Å²) in [7, 11) is 0. The summed E-state index contributed by atoms with van der Waals surface area (Å²) in [5.74, 6) is 0.525. The quantitative estimate of drug-likeness (QED) is 0.481. The highest BCUT2D eigenvalue weighted by Crippen LogP contribution is 2.19. The fourth-order valence-corrected chi connectivity index (χ4v) is 3.33. The summed E-state index contributed by atoms with van der Waals surface area (Å²) >= 11 is 1.76. The molecule has 0 aliphatic carbocycles. The topological polar surface area (TPSA) is 66.2 Å². The van der Waals surface area contributed by atoms with Crippen molar-refractivity contribution in [1.29, 1.82) is 0 Å². The molecule has 3 rings (SSSR count). The lowest BCUT2D eigenvalue weighted by atomic mass is 10.1. The molecule has 2 aromatic heterocycles. The van der Waals surface area contributed by atoms with Crippen LogP contribution in [0.2, 0.25) is 0 Å². The highest BCUT2D eigenvalue weighted by atomic mass is 32.1. The van der Waals surface area contributed by atoms with E-state index >= 15 is 0 Å². The van der Waals surface area contributed by atoms with E-state index in [2.05, 4.69) is 64.1 Å². The summed E-state index contributed by atoms with van der Waals surface area (Å²) < 4.78 is 0. The maximum atomic E-state index is 5.92. The first-order chi connectivity index (χ1) is 11.2. The average molecular weight is 326 g/mol. The monoisotopic (exact) mass is 326 g/mol. The van der Waals surface area contributed by atoms with Crippen LogP contribution in [0.3, 0.4) is 0 Å². The number of benzene rings is 1. The molecule has 0 unspecified atom stereocenters. The van der Waals surface area contributed by atoms with Crippen LogP contribution in [0.5, 0.6) is 0 Å². The summed E-state index contributed by atoms with van der Waals surface area (Å²) in [5.41, 5.74) is 9.69. The van der Waals surface area contributed by atoms with Gasteiger partial charge in [0, 0.05) is 41.5 Å². The third-order valence-corrected chi connectivity index (χ3v) is 4.78. The summed E-state index contributed by atoms with van der Waals surface area (Å²) in [6.45, 7) is 3.62. The van der Waals surface area contributed by atoms with Gasteiger partial charge in [0.1, 0.15) is 0 Å². The van der Waals surface area contributed by atoms with Gasteiger partial charge in [-0.15, -0.1) is 11.3 Å². The van der Waals surface area contributed by atoms with Crippen molar-refractivity contribution in [2.24, 2.45) is 10.7 Å². The molecular formula is C18H22N4S. The van der Waals surface area contributed by atoms with E-state index in [1.54, 1.807) is 11.3 Å². The number of aryl methyl sites for hydroxylation is 1. The van der Waals surface area contributed by atoms with Crippen LogP contribution in [0.25, 0.3) is 10.9 Å². The predicted octanol–water partition coefficient (Wildman–Crippen LogP) is 3.23. The molecule has 2 heterocycles. The molecule has 5 heteroatoms. The molecule has 0 fully saturated rings. The van der Waals surface area contributed by atoms with Crippen LogP contribution in [-0.4, -0.2) is 24.0 Å². The van der Waals surface area contributed by atoms with Crippen molar-refractivity contribution >= 4 is 28.2 Å². The molecule has 0 saturated heterocycles. The van der Waals surface area contributed by atoms with E-state index in [0.717, 1.165) is 25.9 Å². The molecule has 3 aromatic rings. The highest BCUT2D eigenvalue weighted by molar-refractivity contribution is 7.09. The van der Waals surface area contributed by atoms with Crippen molar-refractivity contribution in [1.82, 2.24) is 10.3 Å². The summed E-state index contributed by atoms with van der Waals surface area (Å²) in [6, 6.07) is 10.7. The largest absolute Gasteiger partial charge is 0.370 e. The number of guanidine groups is 1. The zero-order valence-electron chi connectivity index (χ0n) is 13.3. The van der Waals surface area contributed by atoms with E-state index in [4.69, 9.17) is 5.73 Å². The van der Waals surface area contributed by atoms with Gasteiger partial charge in [0.25, 0.3) is 0 Å². The fraction of sp³-hybridized carbons (Fsp3) is 0.278. The van der Waals surface area contributed by atoms with Crippen LogP contribution in [0.15, 0.2) is 46.9 Å². The SMILES string of the molecule is Cc1ccc2c(CCNC(N)=NCCc3cccs3)c[nH]c2c1. The number of nitrogens with one attached hydrogen (secondary N) is 2. The maximum Gasteiger partial charge on any atom is 0.188 e. The maximum absolute atomic E-state index is 5.92. The van der Waals surface area contributed by atoms with Crippen LogP contribution < -0.4 is 11.1 Å². The van der Waals surface area contributed by atoms with Gasteiger partial charge in [-0.25, -0.2) is 0 Å². The minimum Gasteiger partial charge on any atom is -0.370 e. The van der Waals surface area contributed by atoms with E-state index in [0.29, 0.717) is 5.96 Å². The Morgan fingerprint density at radius 2 is 2.22 bits per heavy atom. The summed E-state index contributed by atoms with van der Waals surface area (Å²) in [6.07, 6.45) is 3.95. The van der Waals surface area contributed by atoms with Crippen molar-refractivity contribution in [3.05, 3.63) is 57.9 Å². The van der Waals surface area contributed by atoms with Gasteiger partial charge in [0.05, 0.1) is 0 Å². The molecule has 0 aliphatic heterocycles. The van der Waals surface area contributed by atoms with Crippen LogP contribution in [0, 0.1) is 6.92 Å². The number of thiophene rings is 1. The van der Waals surface area contributed by atoms with Gasteiger partial charge in [0.15, 0.2) is 5.96 Å². The molecule has 0 radical (unpaired) electrons. The second-order valence-electron chi connectivity index (χ2n) is 5.64. The number of hydrogen-bond acceptors (Lipinski definition) is 2. The first kappa shape index (κ1) is 15.6. The zero-order valence-corrected chi connectivity index (χ0v) is 14.1. The summed E-state index contributed by atoms with van der Waals surface area (Å²) in [4.78, 5) is 9.05. The molecule has 4 N–H and O–H groups in total. The Hall–Kier alpha value is -2.27. The molecule has 0 saturated carbocycles.